The molecule has 2 rings (SSSR count). The van der Waals surface area contributed by atoms with E-state index in [9.17, 15) is 13.6 Å². The minimum atomic E-state index is -2.96. The molecule has 0 fully saturated rings. The van der Waals surface area contributed by atoms with Crippen molar-refractivity contribution in [2.45, 2.75) is 13.2 Å². The number of carbonyl (C=O) groups is 1. The highest BCUT2D eigenvalue weighted by Gasteiger charge is 2.10. The van der Waals surface area contributed by atoms with Gasteiger partial charge in [-0.1, -0.05) is 11.6 Å². The van der Waals surface area contributed by atoms with Crippen molar-refractivity contribution >= 4 is 28.9 Å². The Labute approximate surface area is 123 Å². The number of ether oxygens (including phenoxy) is 1. The predicted octanol–water partition coefficient (Wildman–Crippen LogP) is 2.36. The van der Waals surface area contributed by atoms with Gasteiger partial charge in [0.1, 0.15) is 12.3 Å². The number of carbonyl (C=O) groups excluding carboxylic acids is 1. The van der Waals surface area contributed by atoms with Crippen LogP contribution in [0.4, 0.5) is 20.2 Å². The molecule has 0 aliphatic rings. The molecule has 1 aromatic carbocycles. The van der Waals surface area contributed by atoms with Crippen molar-refractivity contribution in [1.29, 1.82) is 0 Å². The number of nitrogen functional groups attached to an aromatic ring is 1. The number of alkyl halides is 2. The first-order valence-corrected chi connectivity index (χ1v) is 6.14. The summed E-state index contributed by atoms with van der Waals surface area (Å²) in [6.45, 7) is -3.00. The maximum Gasteiger partial charge on any atom is 0.387 e. The topological polar surface area (TPSA) is 82.2 Å². The molecular weight excluding hydrogens is 306 g/mol. The molecule has 3 N–H and O–H groups in total. The van der Waals surface area contributed by atoms with Crippen LogP contribution in [0.25, 0.3) is 0 Å². The van der Waals surface area contributed by atoms with Gasteiger partial charge < -0.3 is 15.8 Å². The Morgan fingerprint density at radius 3 is 2.86 bits per heavy atom. The van der Waals surface area contributed by atoms with Crippen LogP contribution in [0.5, 0.6) is 5.75 Å². The van der Waals surface area contributed by atoms with E-state index in [1.807, 2.05) is 0 Å². The van der Waals surface area contributed by atoms with Gasteiger partial charge in [0.05, 0.1) is 16.9 Å². The molecule has 112 valence electrons. The highest BCUT2D eigenvalue weighted by atomic mass is 35.5. The number of rotatable bonds is 5. The number of anilines is 2. The van der Waals surface area contributed by atoms with Crippen molar-refractivity contribution in [2.24, 2.45) is 0 Å². The molecule has 0 aliphatic carbocycles. The zero-order valence-corrected chi connectivity index (χ0v) is 11.3. The minimum absolute atomic E-state index is 0.0311. The molecule has 9 heteroatoms. The fourth-order valence-electron chi connectivity index (χ4n) is 1.58. The first-order valence-electron chi connectivity index (χ1n) is 5.76. The predicted molar refractivity (Wildman–Crippen MR) is 73.4 cm³/mol. The van der Waals surface area contributed by atoms with Gasteiger partial charge in [0.25, 0.3) is 0 Å². The minimum Gasteiger partial charge on any atom is -0.433 e. The second-order valence-corrected chi connectivity index (χ2v) is 4.45. The Morgan fingerprint density at radius 2 is 2.29 bits per heavy atom. The van der Waals surface area contributed by atoms with Gasteiger partial charge in [-0.2, -0.15) is 13.9 Å². The zero-order valence-electron chi connectivity index (χ0n) is 10.6. The Hall–Kier alpha value is -2.35. The van der Waals surface area contributed by atoms with E-state index in [1.165, 1.54) is 35.3 Å². The van der Waals surface area contributed by atoms with Crippen LogP contribution in [-0.4, -0.2) is 22.3 Å². The second-order valence-electron chi connectivity index (χ2n) is 4.04. The Balaban J connectivity index is 1.99. The number of aromatic nitrogens is 2. The summed E-state index contributed by atoms with van der Waals surface area (Å²) in [5.41, 5.74) is 6.27. The Morgan fingerprint density at radius 1 is 1.52 bits per heavy atom. The van der Waals surface area contributed by atoms with Gasteiger partial charge in [0.15, 0.2) is 0 Å². The summed E-state index contributed by atoms with van der Waals surface area (Å²) in [7, 11) is 0. The molecule has 0 saturated heterocycles. The molecular formula is C12H11ClF2N4O2. The number of benzene rings is 1. The molecule has 0 aliphatic heterocycles. The lowest BCUT2D eigenvalue weighted by Crippen LogP contribution is -2.19. The fourth-order valence-corrected chi connectivity index (χ4v) is 1.81. The van der Waals surface area contributed by atoms with Crippen LogP contribution in [0.15, 0.2) is 30.6 Å². The summed E-state index contributed by atoms with van der Waals surface area (Å²) in [6.07, 6.45) is 2.92. The van der Waals surface area contributed by atoms with Gasteiger partial charge in [-0.05, 0) is 18.2 Å². The van der Waals surface area contributed by atoms with Crippen LogP contribution in [0.1, 0.15) is 0 Å². The lowest BCUT2D eigenvalue weighted by molar-refractivity contribution is -0.116. The third-order valence-electron chi connectivity index (χ3n) is 2.39. The number of nitrogens with zero attached hydrogens (tertiary/aromatic N) is 2. The maximum absolute atomic E-state index is 12.1. The fraction of sp³-hybridized carbons (Fsp3) is 0.167. The highest BCUT2D eigenvalue weighted by Crippen LogP contribution is 2.28. The van der Waals surface area contributed by atoms with Crippen molar-refractivity contribution < 1.29 is 18.3 Å². The van der Waals surface area contributed by atoms with Gasteiger partial charge in [0.2, 0.25) is 5.91 Å². The summed E-state index contributed by atoms with van der Waals surface area (Å²) in [5, 5.41) is 6.39. The number of amides is 1. The summed E-state index contributed by atoms with van der Waals surface area (Å²) >= 11 is 5.78. The van der Waals surface area contributed by atoms with Crippen molar-refractivity contribution in [1.82, 2.24) is 9.78 Å². The second kappa shape index (κ2) is 6.40. The molecule has 1 amide bonds. The SMILES string of the molecule is Nc1cnn(CC(=O)Nc2ccc(OC(F)F)c(Cl)c2)c1. The van der Waals surface area contributed by atoms with E-state index in [1.54, 1.807) is 0 Å². The number of hydrogen-bond acceptors (Lipinski definition) is 4. The van der Waals surface area contributed by atoms with E-state index in [2.05, 4.69) is 15.2 Å². The van der Waals surface area contributed by atoms with Crippen molar-refractivity contribution in [3.63, 3.8) is 0 Å². The molecule has 0 spiro atoms. The summed E-state index contributed by atoms with van der Waals surface area (Å²) in [4.78, 5) is 11.8. The average molecular weight is 317 g/mol. The maximum atomic E-state index is 12.1. The molecule has 6 nitrogen and oxygen atoms in total. The van der Waals surface area contributed by atoms with E-state index in [0.717, 1.165) is 0 Å². The van der Waals surface area contributed by atoms with E-state index in [4.69, 9.17) is 17.3 Å². The van der Waals surface area contributed by atoms with Gasteiger partial charge in [-0.25, -0.2) is 0 Å². The Kier molecular flexibility index (Phi) is 4.59. The van der Waals surface area contributed by atoms with E-state index < -0.39 is 6.61 Å². The highest BCUT2D eigenvalue weighted by molar-refractivity contribution is 6.32. The van der Waals surface area contributed by atoms with Crippen molar-refractivity contribution in [2.75, 3.05) is 11.1 Å². The average Bonchev–Trinajstić information content (AvgIpc) is 2.77. The summed E-state index contributed by atoms with van der Waals surface area (Å²) < 4.78 is 29.7. The molecule has 0 bridgehead atoms. The molecule has 0 radical (unpaired) electrons. The van der Waals surface area contributed by atoms with Gasteiger partial charge in [-0.15, -0.1) is 0 Å². The zero-order chi connectivity index (χ0) is 15.4. The van der Waals surface area contributed by atoms with Gasteiger partial charge in [-0.3, -0.25) is 9.48 Å². The molecule has 1 aromatic heterocycles. The molecule has 0 atom stereocenters. The lowest BCUT2D eigenvalue weighted by Gasteiger charge is -2.09. The monoisotopic (exact) mass is 316 g/mol. The summed E-state index contributed by atoms with van der Waals surface area (Å²) in [5.74, 6) is -0.527. The lowest BCUT2D eigenvalue weighted by atomic mass is 10.3. The first-order chi connectivity index (χ1) is 9.94. The van der Waals surface area contributed by atoms with Crippen LogP contribution in [0.3, 0.4) is 0 Å². The normalized spacial score (nSPS) is 10.7. The standard InChI is InChI=1S/C12H11ClF2N4O2/c13-9-3-8(1-2-10(9)21-12(14)15)18-11(20)6-19-5-7(16)4-17-19/h1-5,12H,6,16H2,(H,18,20). The molecule has 0 saturated carbocycles. The smallest absolute Gasteiger partial charge is 0.387 e. The number of nitrogens with one attached hydrogen (secondary N) is 1. The van der Waals surface area contributed by atoms with Crippen molar-refractivity contribution in [3.05, 3.63) is 35.6 Å². The molecule has 2 aromatic rings. The Bertz CT molecular complexity index is 648. The van der Waals surface area contributed by atoms with Crippen LogP contribution in [0, 0.1) is 0 Å². The third kappa shape index (κ3) is 4.32. The number of halogens is 3. The van der Waals surface area contributed by atoms with Gasteiger partial charge in [0, 0.05) is 11.9 Å². The van der Waals surface area contributed by atoms with Crippen molar-refractivity contribution in [3.8, 4) is 5.75 Å². The van der Waals surface area contributed by atoms with Crippen LogP contribution in [0.2, 0.25) is 5.02 Å². The van der Waals surface area contributed by atoms with Crippen LogP contribution < -0.4 is 15.8 Å². The third-order valence-corrected chi connectivity index (χ3v) is 2.69. The quantitative estimate of drug-likeness (QED) is 0.887. The van der Waals surface area contributed by atoms with Crippen LogP contribution >= 0.6 is 11.6 Å². The van der Waals surface area contributed by atoms with E-state index in [0.29, 0.717) is 11.4 Å². The number of hydrogen-bond donors (Lipinski definition) is 2. The summed E-state index contributed by atoms with van der Waals surface area (Å²) in [6, 6.07) is 3.96. The van der Waals surface area contributed by atoms with E-state index >= 15 is 0 Å². The molecule has 21 heavy (non-hydrogen) atoms. The first kappa shape index (κ1) is 15.0. The number of nitrogens with two attached hydrogens (primary N) is 1. The van der Waals surface area contributed by atoms with Crippen LogP contribution in [-0.2, 0) is 11.3 Å². The van der Waals surface area contributed by atoms with Gasteiger partial charge >= 0.3 is 6.61 Å². The largest absolute Gasteiger partial charge is 0.433 e. The van der Waals surface area contributed by atoms with E-state index in [-0.39, 0.29) is 23.2 Å². The molecule has 0 unspecified atom stereocenters. The molecule has 1 heterocycles.